The number of hydrogen-bond donors (Lipinski definition) is 1. The van der Waals surface area contributed by atoms with Gasteiger partial charge in [-0.25, -0.2) is 4.79 Å². The van der Waals surface area contributed by atoms with E-state index >= 15 is 0 Å². The van der Waals surface area contributed by atoms with Crippen molar-refractivity contribution < 1.29 is 14.4 Å². The van der Waals surface area contributed by atoms with Gasteiger partial charge in [0.05, 0.1) is 0 Å². The summed E-state index contributed by atoms with van der Waals surface area (Å²) in [6.07, 6.45) is 1.45. The van der Waals surface area contributed by atoms with Gasteiger partial charge in [-0.05, 0) is 30.2 Å². The number of nitrogens with zero attached hydrogens (tertiary/aromatic N) is 2. The van der Waals surface area contributed by atoms with Crippen molar-refractivity contribution in [3.8, 4) is 0 Å². The standard InChI is InChI=1S/C16H17N3O3S/c20-13(18-7-5-11-3-1-2-4-12(11)18)9-19-14(21)16(17-15(19)22)6-8-23-10-16/h1-4H,5-10H2,(H,17,22)/t16-/m1/s1. The monoisotopic (exact) mass is 331 g/mol. The molecule has 0 saturated carbocycles. The summed E-state index contributed by atoms with van der Waals surface area (Å²) in [5.41, 5.74) is 1.22. The number of imide groups is 1. The number of fused-ring (bicyclic) bond motifs is 1. The molecule has 0 aliphatic carbocycles. The molecule has 120 valence electrons. The summed E-state index contributed by atoms with van der Waals surface area (Å²) < 4.78 is 0. The van der Waals surface area contributed by atoms with Crippen LogP contribution in [-0.4, -0.2) is 52.9 Å². The molecule has 7 heteroatoms. The maximum Gasteiger partial charge on any atom is 0.325 e. The number of rotatable bonds is 2. The van der Waals surface area contributed by atoms with Gasteiger partial charge in [-0.1, -0.05) is 18.2 Å². The van der Waals surface area contributed by atoms with E-state index in [-0.39, 0.29) is 18.4 Å². The van der Waals surface area contributed by atoms with Crippen LogP contribution in [0.5, 0.6) is 0 Å². The van der Waals surface area contributed by atoms with Crippen molar-refractivity contribution in [2.45, 2.75) is 18.4 Å². The minimum absolute atomic E-state index is 0.189. The predicted octanol–water partition coefficient (Wildman–Crippen LogP) is 1.00. The van der Waals surface area contributed by atoms with Gasteiger partial charge in [0.25, 0.3) is 5.91 Å². The molecule has 3 aliphatic rings. The molecule has 3 aliphatic heterocycles. The number of nitrogens with one attached hydrogen (secondary N) is 1. The quantitative estimate of drug-likeness (QED) is 0.821. The van der Waals surface area contributed by atoms with Crippen LogP contribution in [0.1, 0.15) is 12.0 Å². The maximum absolute atomic E-state index is 12.6. The van der Waals surface area contributed by atoms with Crippen LogP contribution in [0.15, 0.2) is 24.3 Å². The Bertz CT molecular complexity index is 700. The Morgan fingerprint density at radius 1 is 1.30 bits per heavy atom. The highest BCUT2D eigenvalue weighted by atomic mass is 32.2. The molecule has 0 bridgehead atoms. The highest BCUT2D eigenvalue weighted by molar-refractivity contribution is 7.99. The van der Waals surface area contributed by atoms with E-state index in [0.29, 0.717) is 18.7 Å². The number of carbonyl (C=O) groups is 3. The predicted molar refractivity (Wildman–Crippen MR) is 87.4 cm³/mol. The van der Waals surface area contributed by atoms with E-state index in [1.807, 2.05) is 24.3 Å². The normalized spacial score (nSPS) is 26.1. The van der Waals surface area contributed by atoms with E-state index in [9.17, 15) is 14.4 Å². The zero-order chi connectivity index (χ0) is 16.0. The lowest BCUT2D eigenvalue weighted by molar-refractivity contribution is -0.133. The van der Waals surface area contributed by atoms with Crippen molar-refractivity contribution >= 4 is 35.3 Å². The van der Waals surface area contributed by atoms with Gasteiger partial charge in [-0.3, -0.25) is 14.5 Å². The van der Waals surface area contributed by atoms with Crippen LogP contribution in [0.4, 0.5) is 10.5 Å². The fourth-order valence-corrected chi connectivity index (χ4v) is 4.80. The van der Waals surface area contributed by atoms with Crippen molar-refractivity contribution in [3.63, 3.8) is 0 Å². The largest absolute Gasteiger partial charge is 0.325 e. The number of carbonyl (C=O) groups excluding carboxylic acids is 3. The van der Waals surface area contributed by atoms with Crippen LogP contribution >= 0.6 is 11.8 Å². The first-order valence-electron chi connectivity index (χ1n) is 7.71. The molecule has 23 heavy (non-hydrogen) atoms. The fourth-order valence-electron chi connectivity index (χ4n) is 3.47. The molecule has 1 atom stereocenters. The number of urea groups is 1. The second-order valence-corrected chi connectivity index (χ2v) is 7.24. The summed E-state index contributed by atoms with van der Waals surface area (Å²) in [5.74, 6) is 0.983. The Morgan fingerprint density at radius 3 is 2.91 bits per heavy atom. The van der Waals surface area contributed by atoms with Gasteiger partial charge in [0, 0.05) is 18.0 Å². The highest BCUT2D eigenvalue weighted by Gasteiger charge is 2.53. The molecular weight excluding hydrogens is 314 g/mol. The molecule has 0 unspecified atom stereocenters. The average molecular weight is 331 g/mol. The Balaban J connectivity index is 1.51. The zero-order valence-corrected chi connectivity index (χ0v) is 13.4. The topological polar surface area (TPSA) is 69.7 Å². The number of benzene rings is 1. The Hall–Kier alpha value is -2.02. The van der Waals surface area contributed by atoms with Gasteiger partial charge in [0.2, 0.25) is 5.91 Å². The van der Waals surface area contributed by atoms with Crippen LogP contribution < -0.4 is 10.2 Å². The molecule has 4 amide bonds. The second-order valence-electron chi connectivity index (χ2n) is 6.13. The highest BCUT2D eigenvalue weighted by Crippen LogP contribution is 2.34. The molecule has 1 aromatic rings. The zero-order valence-electron chi connectivity index (χ0n) is 12.6. The third-order valence-corrected chi connectivity index (χ3v) is 5.94. The number of para-hydroxylation sites is 1. The number of hydrogen-bond acceptors (Lipinski definition) is 4. The number of thioether (sulfide) groups is 1. The van der Waals surface area contributed by atoms with Crippen LogP contribution in [0.3, 0.4) is 0 Å². The molecule has 2 fully saturated rings. The lowest BCUT2D eigenvalue weighted by Gasteiger charge is -2.22. The molecule has 6 nitrogen and oxygen atoms in total. The second kappa shape index (κ2) is 5.26. The van der Waals surface area contributed by atoms with Gasteiger partial charge >= 0.3 is 6.03 Å². The van der Waals surface area contributed by atoms with Crippen molar-refractivity contribution in [1.29, 1.82) is 0 Å². The molecule has 1 N–H and O–H groups in total. The minimum atomic E-state index is -0.787. The molecule has 0 aromatic heterocycles. The van der Waals surface area contributed by atoms with Crippen molar-refractivity contribution in [3.05, 3.63) is 29.8 Å². The summed E-state index contributed by atoms with van der Waals surface area (Å²) in [4.78, 5) is 40.1. The Labute approximate surface area is 138 Å². The Morgan fingerprint density at radius 2 is 2.13 bits per heavy atom. The number of anilines is 1. The van der Waals surface area contributed by atoms with Crippen LogP contribution in [-0.2, 0) is 16.0 Å². The summed E-state index contributed by atoms with van der Waals surface area (Å²) in [7, 11) is 0. The summed E-state index contributed by atoms with van der Waals surface area (Å²) in [6, 6.07) is 7.30. The average Bonchev–Trinajstić information content (AvgIpc) is 3.23. The van der Waals surface area contributed by atoms with Crippen LogP contribution in [0.25, 0.3) is 0 Å². The lowest BCUT2D eigenvalue weighted by atomic mass is 9.99. The molecule has 1 spiro atoms. The Kier molecular flexibility index (Phi) is 3.33. The molecule has 2 saturated heterocycles. The number of amides is 4. The summed E-state index contributed by atoms with van der Waals surface area (Å²) in [5, 5.41) is 2.79. The van der Waals surface area contributed by atoms with Gasteiger partial charge < -0.3 is 10.2 Å². The van der Waals surface area contributed by atoms with Crippen LogP contribution in [0.2, 0.25) is 0 Å². The maximum atomic E-state index is 12.6. The SMILES string of the molecule is O=C1N[C@@]2(CCSC2)C(=O)N1CC(=O)N1CCc2ccccc21. The smallest absolute Gasteiger partial charge is 0.322 e. The summed E-state index contributed by atoms with van der Waals surface area (Å²) in [6.45, 7) is 0.411. The molecule has 0 radical (unpaired) electrons. The van der Waals surface area contributed by atoms with E-state index in [1.165, 1.54) is 0 Å². The van der Waals surface area contributed by atoms with Gasteiger partial charge in [0.15, 0.2) is 0 Å². The first-order valence-corrected chi connectivity index (χ1v) is 8.86. The van der Waals surface area contributed by atoms with Crippen molar-refractivity contribution in [2.75, 3.05) is 29.5 Å². The lowest BCUT2D eigenvalue weighted by Crippen LogP contribution is -2.48. The van der Waals surface area contributed by atoms with Gasteiger partial charge in [0.1, 0.15) is 12.1 Å². The first kappa shape index (κ1) is 14.6. The molecule has 3 heterocycles. The van der Waals surface area contributed by atoms with Gasteiger partial charge in [-0.15, -0.1) is 0 Å². The third-order valence-electron chi connectivity index (χ3n) is 4.75. The molecule has 1 aromatic carbocycles. The van der Waals surface area contributed by atoms with Crippen molar-refractivity contribution in [1.82, 2.24) is 10.2 Å². The van der Waals surface area contributed by atoms with E-state index in [4.69, 9.17) is 0 Å². The van der Waals surface area contributed by atoms with Crippen molar-refractivity contribution in [2.24, 2.45) is 0 Å². The van der Waals surface area contributed by atoms with E-state index in [1.54, 1.807) is 16.7 Å². The fraction of sp³-hybridized carbons (Fsp3) is 0.438. The molecule has 4 rings (SSSR count). The van der Waals surface area contributed by atoms with E-state index in [0.717, 1.165) is 28.3 Å². The first-order chi connectivity index (χ1) is 11.1. The van der Waals surface area contributed by atoms with E-state index < -0.39 is 11.6 Å². The third kappa shape index (κ3) is 2.22. The minimum Gasteiger partial charge on any atom is -0.322 e. The van der Waals surface area contributed by atoms with Crippen LogP contribution in [0, 0.1) is 0 Å². The van der Waals surface area contributed by atoms with Gasteiger partial charge in [-0.2, -0.15) is 11.8 Å². The molecular formula is C16H17N3O3S. The summed E-state index contributed by atoms with van der Waals surface area (Å²) >= 11 is 1.66. The van der Waals surface area contributed by atoms with E-state index in [2.05, 4.69) is 5.32 Å².